The third kappa shape index (κ3) is 3.26. The Hall–Kier alpha value is -1.64. The van der Waals surface area contributed by atoms with Gasteiger partial charge in [0.25, 0.3) is 0 Å². The summed E-state index contributed by atoms with van der Waals surface area (Å²) in [7, 11) is 1.72. The summed E-state index contributed by atoms with van der Waals surface area (Å²) in [5.41, 5.74) is 0.639. The van der Waals surface area contributed by atoms with Gasteiger partial charge >= 0.3 is 0 Å². The zero-order chi connectivity index (χ0) is 17.3. The van der Waals surface area contributed by atoms with Crippen molar-refractivity contribution in [3.05, 3.63) is 35.5 Å². The Bertz CT molecular complexity index is 883. The first-order valence-corrected chi connectivity index (χ1v) is 9.28. The van der Waals surface area contributed by atoms with E-state index in [2.05, 4.69) is 4.98 Å². The lowest BCUT2D eigenvalue weighted by atomic mass is 10.0. The highest BCUT2D eigenvalue weighted by atomic mass is 35.5. The maximum atomic E-state index is 12.8. The van der Waals surface area contributed by atoms with Crippen LogP contribution in [0.4, 0.5) is 0 Å². The van der Waals surface area contributed by atoms with Crippen LogP contribution in [0, 0.1) is 0 Å². The molecule has 9 heteroatoms. The number of piperazine rings is 1. The summed E-state index contributed by atoms with van der Waals surface area (Å²) in [6, 6.07) is 8.12. The average molecular weight is 364 g/mol. The first-order valence-electron chi connectivity index (χ1n) is 7.46. The zero-order valence-corrected chi connectivity index (χ0v) is 14.4. The van der Waals surface area contributed by atoms with Gasteiger partial charge in [-0.15, -0.1) is 0 Å². The van der Waals surface area contributed by atoms with E-state index in [4.69, 9.17) is 19.4 Å². The highest BCUT2D eigenvalue weighted by Gasteiger charge is 2.29. The largest absolute Gasteiger partial charge is 0.341 e. The van der Waals surface area contributed by atoms with Gasteiger partial charge in [-0.25, -0.2) is 13.4 Å². The van der Waals surface area contributed by atoms with Crippen LogP contribution in [0.1, 0.15) is 0 Å². The van der Waals surface area contributed by atoms with Gasteiger partial charge in [-0.2, -0.15) is 4.31 Å². The van der Waals surface area contributed by atoms with Gasteiger partial charge in [0.15, 0.2) is 0 Å². The molecule has 24 heavy (non-hydrogen) atoms. The van der Waals surface area contributed by atoms with Crippen LogP contribution >= 0.6 is 11.6 Å². The van der Waals surface area contributed by atoms with Crippen molar-refractivity contribution < 1.29 is 13.2 Å². The minimum absolute atomic E-state index is 0.0625. The molecule has 3 rings (SSSR count). The van der Waals surface area contributed by atoms with Crippen molar-refractivity contribution in [2.75, 3.05) is 26.2 Å². The number of aromatic nitrogens is 1. The smallest absolute Gasteiger partial charge is 0.243 e. The molecule has 0 unspecified atom stereocenters. The van der Waals surface area contributed by atoms with Crippen LogP contribution in [-0.2, 0) is 14.8 Å². The number of fused-ring (bicyclic) bond motifs is 1. The Morgan fingerprint density at radius 3 is 2.54 bits per heavy atom. The van der Waals surface area contributed by atoms with Crippen LogP contribution in [-0.4, -0.2) is 62.5 Å². The maximum absolute atomic E-state index is 12.8. The third-order valence-corrected chi connectivity index (χ3v) is 6.14. The van der Waals surface area contributed by atoms with Crippen molar-refractivity contribution in [3.63, 3.8) is 0 Å². The SMILES string of the molecule is [B]CC(=O)N1CCN(S(=O)(=O)c2ccc3nc(Cl)ccc3c2)CC1. The molecule has 1 amide bonds. The first-order chi connectivity index (χ1) is 11.4. The molecule has 2 radical (unpaired) electrons. The molecule has 0 atom stereocenters. The zero-order valence-electron chi connectivity index (χ0n) is 12.9. The summed E-state index contributed by atoms with van der Waals surface area (Å²) in [4.78, 5) is 17.5. The molecule has 1 saturated heterocycles. The van der Waals surface area contributed by atoms with Gasteiger partial charge in [0.1, 0.15) is 5.15 Å². The van der Waals surface area contributed by atoms with E-state index in [9.17, 15) is 13.2 Å². The Morgan fingerprint density at radius 1 is 1.17 bits per heavy atom. The standard InChI is InChI=1S/C15H15BClN3O3S/c16-10-15(21)19-5-7-20(8-6-19)24(22,23)12-2-3-13-11(9-12)1-4-14(17)18-13/h1-4,9H,5-8,10H2. The van der Waals surface area contributed by atoms with E-state index in [1.165, 1.54) is 10.4 Å². The molecule has 1 aromatic heterocycles. The molecule has 0 saturated carbocycles. The predicted octanol–water partition coefficient (Wildman–Crippen LogP) is 1.31. The molecule has 2 heterocycles. The van der Waals surface area contributed by atoms with Gasteiger partial charge in [-0.3, -0.25) is 4.79 Å². The molecular formula is C15H15BClN3O3S. The fourth-order valence-electron chi connectivity index (χ4n) is 2.70. The van der Waals surface area contributed by atoms with E-state index in [1.807, 2.05) is 0 Å². The molecule has 0 aliphatic carbocycles. The summed E-state index contributed by atoms with van der Waals surface area (Å²) < 4.78 is 27.0. The molecule has 1 aliphatic rings. The quantitative estimate of drug-likeness (QED) is 0.609. The molecule has 2 aromatic rings. The van der Waals surface area contributed by atoms with E-state index in [1.54, 1.807) is 29.2 Å². The van der Waals surface area contributed by atoms with Crippen molar-refractivity contribution in [1.82, 2.24) is 14.2 Å². The fourth-order valence-corrected chi connectivity index (χ4v) is 4.31. The minimum Gasteiger partial charge on any atom is -0.341 e. The molecule has 0 N–H and O–H groups in total. The maximum Gasteiger partial charge on any atom is 0.243 e. The minimum atomic E-state index is -3.62. The van der Waals surface area contributed by atoms with E-state index in [0.29, 0.717) is 29.1 Å². The molecule has 0 spiro atoms. The second kappa shape index (κ2) is 6.70. The number of halogens is 1. The van der Waals surface area contributed by atoms with Gasteiger partial charge in [-0.05, 0) is 36.7 Å². The van der Waals surface area contributed by atoms with Crippen LogP contribution in [0.5, 0.6) is 0 Å². The van der Waals surface area contributed by atoms with Crippen molar-refractivity contribution in [2.45, 2.75) is 11.2 Å². The van der Waals surface area contributed by atoms with Crippen LogP contribution in [0.3, 0.4) is 0 Å². The molecule has 0 bridgehead atoms. The lowest BCUT2D eigenvalue weighted by Crippen LogP contribution is -2.50. The number of hydrogen-bond acceptors (Lipinski definition) is 4. The second-order valence-corrected chi connectivity index (χ2v) is 7.80. The van der Waals surface area contributed by atoms with Gasteiger partial charge in [0.05, 0.1) is 18.3 Å². The number of sulfonamides is 1. The van der Waals surface area contributed by atoms with Crippen molar-refractivity contribution in [3.8, 4) is 0 Å². The molecule has 1 fully saturated rings. The number of nitrogens with zero attached hydrogens (tertiary/aromatic N) is 3. The Balaban J connectivity index is 1.83. The molecule has 1 aliphatic heterocycles. The monoisotopic (exact) mass is 363 g/mol. The van der Waals surface area contributed by atoms with Crippen LogP contribution in [0.15, 0.2) is 35.2 Å². The highest BCUT2D eigenvalue weighted by molar-refractivity contribution is 7.89. The van der Waals surface area contributed by atoms with E-state index >= 15 is 0 Å². The summed E-state index contributed by atoms with van der Waals surface area (Å²) in [5, 5.41) is 1.07. The van der Waals surface area contributed by atoms with Crippen LogP contribution < -0.4 is 0 Å². The fraction of sp³-hybridized carbons (Fsp3) is 0.333. The van der Waals surface area contributed by atoms with Gasteiger partial charge in [-0.1, -0.05) is 11.6 Å². The second-order valence-electron chi connectivity index (χ2n) is 5.48. The Kier molecular flexibility index (Phi) is 4.80. The van der Waals surface area contributed by atoms with Crippen molar-refractivity contribution in [2.24, 2.45) is 0 Å². The number of carbonyl (C=O) groups excluding carboxylic acids is 1. The first kappa shape index (κ1) is 17.2. The van der Waals surface area contributed by atoms with Gasteiger partial charge < -0.3 is 4.90 Å². The summed E-state index contributed by atoms with van der Waals surface area (Å²) in [6.45, 7) is 1.20. The van der Waals surface area contributed by atoms with E-state index in [0.717, 1.165) is 0 Å². The molecule has 6 nitrogen and oxygen atoms in total. The number of rotatable bonds is 3. The van der Waals surface area contributed by atoms with E-state index in [-0.39, 0.29) is 30.2 Å². The number of hydrogen-bond donors (Lipinski definition) is 0. The average Bonchev–Trinajstić information content (AvgIpc) is 2.60. The Morgan fingerprint density at radius 2 is 1.88 bits per heavy atom. The highest BCUT2D eigenvalue weighted by Crippen LogP contribution is 2.23. The summed E-state index contributed by atoms with van der Waals surface area (Å²) in [5.74, 6) is -0.166. The predicted molar refractivity (Wildman–Crippen MR) is 92.7 cm³/mol. The molecular weight excluding hydrogens is 349 g/mol. The van der Waals surface area contributed by atoms with Gasteiger partial charge in [0, 0.05) is 31.6 Å². The summed E-state index contributed by atoms with van der Waals surface area (Å²) >= 11 is 5.84. The summed E-state index contributed by atoms with van der Waals surface area (Å²) in [6.07, 6.45) is -0.0625. The van der Waals surface area contributed by atoms with Crippen molar-refractivity contribution >= 4 is 46.3 Å². The number of benzene rings is 1. The third-order valence-electron chi connectivity index (χ3n) is 4.03. The van der Waals surface area contributed by atoms with Crippen LogP contribution in [0.2, 0.25) is 11.5 Å². The van der Waals surface area contributed by atoms with E-state index < -0.39 is 10.0 Å². The number of pyridine rings is 1. The Labute approximate surface area is 146 Å². The number of amides is 1. The lowest BCUT2D eigenvalue weighted by molar-refractivity contribution is -0.129. The number of carbonyl (C=O) groups is 1. The lowest BCUT2D eigenvalue weighted by Gasteiger charge is -2.34. The van der Waals surface area contributed by atoms with Gasteiger partial charge in [0.2, 0.25) is 15.9 Å². The van der Waals surface area contributed by atoms with Crippen LogP contribution in [0.25, 0.3) is 10.9 Å². The molecule has 1 aromatic carbocycles. The normalized spacial score (nSPS) is 16.5. The topological polar surface area (TPSA) is 70.6 Å². The van der Waals surface area contributed by atoms with Crippen molar-refractivity contribution in [1.29, 1.82) is 0 Å². The molecule has 124 valence electrons.